The third kappa shape index (κ3) is 3.14. The van der Waals surface area contributed by atoms with Crippen molar-refractivity contribution >= 4 is 28.6 Å². The smallest absolute Gasteiger partial charge is 0.272 e. The van der Waals surface area contributed by atoms with Gasteiger partial charge in [-0.15, -0.1) is 0 Å². The van der Waals surface area contributed by atoms with E-state index in [9.17, 15) is 4.79 Å². The molecule has 3 heterocycles. The largest absolute Gasteiger partial charge is 0.346 e. The summed E-state index contributed by atoms with van der Waals surface area (Å²) in [7, 11) is 0. The highest BCUT2D eigenvalue weighted by Gasteiger charge is 2.15. The van der Waals surface area contributed by atoms with Crippen LogP contribution in [-0.2, 0) is 0 Å². The molecule has 3 aromatic heterocycles. The number of hydrogen-bond donors (Lipinski definition) is 2. The number of anilines is 1. The molecular formula is C17H14ClN7O. The molecule has 4 aromatic rings. The standard InChI is InChI=1S/C17H14ClN7O/c1-10(15-16(26)23-12-3-2-11(18)8-13(12)22-15)21-17-20-5-4-14(24-17)25-7-6-19-9-25/h2-10H,1H3,(H,23,26)(H,20,21,24)/t10-/m0/s1. The molecule has 9 heteroatoms. The van der Waals surface area contributed by atoms with Gasteiger partial charge in [-0.1, -0.05) is 11.6 Å². The molecule has 2 N–H and O–H groups in total. The number of halogens is 1. The van der Waals surface area contributed by atoms with Crippen molar-refractivity contribution in [2.75, 3.05) is 5.32 Å². The van der Waals surface area contributed by atoms with Gasteiger partial charge < -0.3 is 10.3 Å². The van der Waals surface area contributed by atoms with Crippen LogP contribution < -0.4 is 10.9 Å². The first-order valence-electron chi connectivity index (χ1n) is 7.87. The zero-order valence-corrected chi connectivity index (χ0v) is 14.5. The van der Waals surface area contributed by atoms with E-state index in [1.165, 1.54) is 0 Å². The van der Waals surface area contributed by atoms with Crippen LogP contribution >= 0.6 is 11.6 Å². The van der Waals surface area contributed by atoms with E-state index in [1.54, 1.807) is 53.8 Å². The van der Waals surface area contributed by atoms with Gasteiger partial charge in [-0.05, 0) is 31.2 Å². The van der Waals surface area contributed by atoms with Gasteiger partial charge in [0.25, 0.3) is 5.56 Å². The third-order valence-corrected chi connectivity index (χ3v) is 4.08. The van der Waals surface area contributed by atoms with Crippen molar-refractivity contribution in [2.45, 2.75) is 13.0 Å². The SMILES string of the molecule is C[C@H](Nc1nccc(-n2ccnc2)n1)c1nc2cc(Cl)ccc2[nH]c1=O. The molecule has 26 heavy (non-hydrogen) atoms. The number of rotatable bonds is 4. The van der Waals surface area contributed by atoms with Crippen LogP contribution in [0.5, 0.6) is 0 Å². The lowest BCUT2D eigenvalue weighted by Gasteiger charge is -2.13. The number of nitrogens with one attached hydrogen (secondary N) is 2. The lowest BCUT2D eigenvalue weighted by Crippen LogP contribution is -2.22. The Hall–Kier alpha value is -3.26. The maximum atomic E-state index is 12.4. The summed E-state index contributed by atoms with van der Waals surface area (Å²) < 4.78 is 1.76. The number of aromatic amines is 1. The van der Waals surface area contributed by atoms with Crippen LogP contribution in [0.4, 0.5) is 5.95 Å². The number of imidazole rings is 1. The van der Waals surface area contributed by atoms with Crippen LogP contribution in [-0.4, -0.2) is 29.5 Å². The van der Waals surface area contributed by atoms with Crippen molar-refractivity contribution in [2.24, 2.45) is 0 Å². The van der Waals surface area contributed by atoms with Gasteiger partial charge >= 0.3 is 0 Å². The second kappa shape index (κ2) is 6.57. The van der Waals surface area contributed by atoms with Gasteiger partial charge in [-0.3, -0.25) is 9.36 Å². The van der Waals surface area contributed by atoms with Crippen molar-refractivity contribution in [1.29, 1.82) is 0 Å². The van der Waals surface area contributed by atoms with Crippen LogP contribution in [0, 0.1) is 0 Å². The fourth-order valence-electron chi connectivity index (χ4n) is 2.58. The Morgan fingerprint density at radius 3 is 2.92 bits per heavy atom. The molecule has 0 radical (unpaired) electrons. The van der Waals surface area contributed by atoms with E-state index in [2.05, 4.69) is 30.2 Å². The Morgan fingerprint density at radius 1 is 1.23 bits per heavy atom. The van der Waals surface area contributed by atoms with E-state index in [1.807, 2.05) is 6.92 Å². The number of hydrogen-bond acceptors (Lipinski definition) is 6. The third-order valence-electron chi connectivity index (χ3n) is 3.85. The fraction of sp³-hybridized carbons (Fsp3) is 0.118. The summed E-state index contributed by atoms with van der Waals surface area (Å²) in [6.45, 7) is 1.82. The Labute approximate surface area is 152 Å². The fourth-order valence-corrected chi connectivity index (χ4v) is 2.75. The summed E-state index contributed by atoms with van der Waals surface area (Å²) in [4.78, 5) is 32.2. The Bertz CT molecular complexity index is 1120. The number of aromatic nitrogens is 6. The molecule has 0 saturated heterocycles. The minimum absolute atomic E-state index is 0.273. The molecule has 0 unspecified atom stereocenters. The first-order valence-corrected chi connectivity index (χ1v) is 8.25. The molecule has 1 aromatic carbocycles. The van der Waals surface area contributed by atoms with Gasteiger partial charge in [-0.2, -0.15) is 4.98 Å². The van der Waals surface area contributed by atoms with Crippen LogP contribution in [0.3, 0.4) is 0 Å². The average molecular weight is 368 g/mol. The zero-order valence-electron chi connectivity index (χ0n) is 13.7. The van der Waals surface area contributed by atoms with Gasteiger partial charge in [0, 0.05) is 23.6 Å². The van der Waals surface area contributed by atoms with Crippen molar-refractivity contribution in [3.8, 4) is 5.82 Å². The molecule has 4 rings (SSSR count). The Morgan fingerprint density at radius 2 is 2.12 bits per heavy atom. The second-order valence-corrected chi connectivity index (χ2v) is 6.12. The lowest BCUT2D eigenvalue weighted by atomic mass is 10.2. The molecular weight excluding hydrogens is 354 g/mol. The second-order valence-electron chi connectivity index (χ2n) is 5.69. The highest BCUT2D eigenvalue weighted by atomic mass is 35.5. The van der Waals surface area contributed by atoms with Gasteiger partial charge in [0.1, 0.15) is 17.8 Å². The normalized spacial score (nSPS) is 12.2. The minimum atomic E-state index is -0.403. The maximum Gasteiger partial charge on any atom is 0.272 e. The van der Waals surface area contributed by atoms with E-state index in [4.69, 9.17) is 11.6 Å². The van der Waals surface area contributed by atoms with Crippen molar-refractivity contribution in [1.82, 2.24) is 29.5 Å². The minimum Gasteiger partial charge on any atom is -0.346 e. The summed E-state index contributed by atoms with van der Waals surface area (Å²) in [5.41, 5.74) is 1.31. The molecule has 0 spiro atoms. The molecule has 0 aliphatic carbocycles. The number of benzene rings is 1. The van der Waals surface area contributed by atoms with Gasteiger partial charge in [0.2, 0.25) is 5.95 Å². The van der Waals surface area contributed by atoms with Gasteiger partial charge in [0.15, 0.2) is 0 Å². The summed E-state index contributed by atoms with van der Waals surface area (Å²) in [6, 6.07) is 6.50. The summed E-state index contributed by atoms with van der Waals surface area (Å²) in [5.74, 6) is 1.05. The maximum absolute atomic E-state index is 12.4. The molecule has 8 nitrogen and oxygen atoms in total. The first-order chi connectivity index (χ1) is 12.6. The van der Waals surface area contributed by atoms with Gasteiger partial charge in [0.05, 0.1) is 17.1 Å². The van der Waals surface area contributed by atoms with Gasteiger partial charge in [-0.25, -0.2) is 15.0 Å². The molecule has 130 valence electrons. The Balaban J connectivity index is 1.65. The first kappa shape index (κ1) is 16.2. The van der Waals surface area contributed by atoms with E-state index < -0.39 is 6.04 Å². The highest BCUT2D eigenvalue weighted by molar-refractivity contribution is 6.31. The monoisotopic (exact) mass is 367 g/mol. The molecule has 0 saturated carbocycles. The van der Waals surface area contributed by atoms with Crippen molar-refractivity contribution in [3.05, 3.63) is 70.3 Å². The molecule has 1 atom stereocenters. The topological polar surface area (TPSA) is 101 Å². The van der Waals surface area contributed by atoms with Crippen LogP contribution in [0.15, 0.2) is 54.0 Å². The average Bonchev–Trinajstić information content (AvgIpc) is 3.16. The molecule has 0 aliphatic heterocycles. The number of fused-ring (bicyclic) bond motifs is 1. The molecule has 0 aliphatic rings. The molecule has 0 fully saturated rings. The number of H-pyrrole nitrogens is 1. The van der Waals surface area contributed by atoms with Crippen LogP contribution in [0.1, 0.15) is 18.7 Å². The predicted molar refractivity (Wildman–Crippen MR) is 98.6 cm³/mol. The van der Waals surface area contributed by atoms with Crippen molar-refractivity contribution < 1.29 is 0 Å². The Kier molecular flexibility index (Phi) is 4.10. The van der Waals surface area contributed by atoms with Crippen molar-refractivity contribution in [3.63, 3.8) is 0 Å². The lowest BCUT2D eigenvalue weighted by molar-refractivity contribution is 0.804. The van der Waals surface area contributed by atoms with Crippen LogP contribution in [0.25, 0.3) is 16.9 Å². The summed E-state index contributed by atoms with van der Waals surface area (Å²) in [5, 5.41) is 3.66. The highest BCUT2D eigenvalue weighted by Crippen LogP contribution is 2.18. The zero-order chi connectivity index (χ0) is 18.1. The summed E-state index contributed by atoms with van der Waals surface area (Å²) >= 11 is 6.01. The van der Waals surface area contributed by atoms with Crippen LogP contribution in [0.2, 0.25) is 5.02 Å². The quantitative estimate of drug-likeness (QED) is 0.575. The summed E-state index contributed by atoms with van der Waals surface area (Å²) in [6.07, 6.45) is 6.74. The number of nitrogens with zero attached hydrogens (tertiary/aromatic N) is 5. The molecule has 0 bridgehead atoms. The molecule has 0 amide bonds. The van der Waals surface area contributed by atoms with E-state index in [0.717, 1.165) is 0 Å². The van der Waals surface area contributed by atoms with E-state index in [-0.39, 0.29) is 5.56 Å². The van der Waals surface area contributed by atoms with E-state index >= 15 is 0 Å². The van der Waals surface area contributed by atoms with E-state index in [0.29, 0.717) is 33.5 Å². The predicted octanol–water partition coefficient (Wildman–Crippen LogP) is 2.73.